The monoisotopic (exact) mass is 558 g/mol. The fourth-order valence-electron chi connectivity index (χ4n) is 3.80. The minimum Gasteiger partial charge on any atom is -0.502 e. The number of aromatic hydroxyl groups is 1. The Morgan fingerprint density at radius 1 is 1.22 bits per heavy atom. The molecule has 9 heteroatoms. The molecule has 1 heterocycles. The topological polar surface area (TPSA) is 78.4 Å². The lowest BCUT2D eigenvalue weighted by molar-refractivity contribution is 0.339. The van der Waals surface area contributed by atoms with Crippen molar-refractivity contribution < 1.29 is 19.0 Å². The van der Waals surface area contributed by atoms with Crippen molar-refractivity contribution in [3.63, 3.8) is 0 Å². The maximum absolute atomic E-state index is 14.3. The summed E-state index contributed by atoms with van der Waals surface area (Å²) in [6, 6.07) is 8.86. The van der Waals surface area contributed by atoms with Gasteiger partial charge in [-0.3, -0.25) is 4.99 Å². The highest BCUT2D eigenvalue weighted by Gasteiger charge is 2.23. The Morgan fingerprint density at radius 2 is 1.91 bits per heavy atom. The van der Waals surface area contributed by atoms with Gasteiger partial charge in [0.2, 0.25) is 5.75 Å². The number of nitrogens with zero attached hydrogens (tertiary/aromatic N) is 2. The summed E-state index contributed by atoms with van der Waals surface area (Å²) < 4.78 is 24.8. The Hall–Kier alpha value is -2.43. The van der Waals surface area contributed by atoms with Gasteiger partial charge in [0.25, 0.3) is 0 Å². The van der Waals surface area contributed by atoms with Crippen LogP contribution in [0.4, 0.5) is 10.1 Å². The highest BCUT2D eigenvalue weighted by Crippen LogP contribution is 2.37. The molecule has 1 fully saturated rings. The molecular weight excluding hydrogens is 526 g/mol. The number of phenolic OH excluding ortho intramolecular Hbond substituents is 1. The average molecular weight is 558 g/mol. The Labute approximate surface area is 206 Å². The molecule has 0 radical (unpaired) electrons. The van der Waals surface area contributed by atoms with E-state index in [1.807, 2.05) is 13.0 Å². The Balaban J connectivity index is 0.00000363. The summed E-state index contributed by atoms with van der Waals surface area (Å²) in [5.41, 5.74) is 2.57. The molecule has 1 unspecified atom stereocenters. The number of anilines is 1. The first kappa shape index (κ1) is 25.8. The quantitative estimate of drug-likeness (QED) is 0.285. The third kappa shape index (κ3) is 6.30. The van der Waals surface area contributed by atoms with Crippen LogP contribution >= 0.6 is 24.0 Å². The van der Waals surface area contributed by atoms with Crippen LogP contribution in [-0.4, -0.2) is 51.5 Å². The van der Waals surface area contributed by atoms with E-state index in [9.17, 15) is 9.50 Å². The van der Waals surface area contributed by atoms with Crippen LogP contribution in [0.5, 0.6) is 17.2 Å². The normalized spacial score (nSPS) is 16.2. The molecule has 0 saturated carbocycles. The zero-order valence-corrected chi connectivity index (χ0v) is 21.3. The Kier molecular flexibility index (Phi) is 9.67. The van der Waals surface area contributed by atoms with E-state index in [0.717, 1.165) is 30.5 Å². The number of phenols is 1. The van der Waals surface area contributed by atoms with Gasteiger partial charge in [0, 0.05) is 32.7 Å². The highest BCUT2D eigenvalue weighted by molar-refractivity contribution is 14.0. The molecule has 1 aliphatic rings. The molecule has 3 N–H and O–H groups in total. The minimum absolute atomic E-state index is 0. The number of piperidine rings is 1. The van der Waals surface area contributed by atoms with Gasteiger partial charge in [-0.1, -0.05) is 6.07 Å². The highest BCUT2D eigenvalue weighted by atomic mass is 127. The van der Waals surface area contributed by atoms with Crippen molar-refractivity contribution in [2.45, 2.75) is 32.4 Å². The molecule has 0 spiro atoms. The summed E-state index contributed by atoms with van der Waals surface area (Å²) in [6.45, 7) is 3.97. The van der Waals surface area contributed by atoms with Gasteiger partial charge in [0.05, 0.1) is 19.9 Å². The smallest absolute Gasteiger partial charge is 0.200 e. The molecule has 1 saturated heterocycles. The van der Waals surface area contributed by atoms with Crippen molar-refractivity contribution in [1.82, 2.24) is 10.6 Å². The molecule has 2 aromatic carbocycles. The summed E-state index contributed by atoms with van der Waals surface area (Å²) in [6.07, 6.45) is 1.94. The lowest BCUT2D eigenvalue weighted by Gasteiger charge is -2.35. The molecule has 3 rings (SSSR count). The second-order valence-electron chi connectivity index (χ2n) is 7.66. The minimum atomic E-state index is -0.191. The van der Waals surface area contributed by atoms with Crippen LogP contribution in [0.15, 0.2) is 35.3 Å². The zero-order valence-electron chi connectivity index (χ0n) is 18.9. The Morgan fingerprint density at radius 3 is 2.53 bits per heavy atom. The van der Waals surface area contributed by atoms with Crippen LogP contribution in [0, 0.1) is 12.7 Å². The van der Waals surface area contributed by atoms with E-state index < -0.39 is 0 Å². The second-order valence-corrected chi connectivity index (χ2v) is 7.66. The zero-order chi connectivity index (χ0) is 22.4. The number of halogens is 2. The number of guanidine groups is 1. The first-order chi connectivity index (χ1) is 14.9. The molecule has 2 aromatic rings. The summed E-state index contributed by atoms with van der Waals surface area (Å²) in [7, 11) is 4.71. The van der Waals surface area contributed by atoms with E-state index in [4.69, 9.17) is 9.47 Å². The van der Waals surface area contributed by atoms with Gasteiger partial charge in [-0.25, -0.2) is 4.39 Å². The van der Waals surface area contributed by atoms with Crippen molar-refractivity contribution in [1.29, 1.82) is 0 Å². The number of rotatable bonds is 6. The number of aryl methyl sites for hydroxylation is 1. The molecule has 0 aromatic heterocycles. The van der Waals surface area contributed by atoms with Crippen LogP contribution < -0.4 is 25.0 Å². The summed E-state index contributed by atoms with van der Waals surface area (Å²) >= 11 is 0. The maximum Gasteiger partial charge on any atom is 0.200 e. The van der Waals surface area contributed by atoms with Crippen LogP contribution in [0.2, 0.25) is 0 Å². The first-order valence-electron chi connectivity index (χ1n) is 10.4. The van der Waals surface area contributed by atoms with E-state index in [2.05, 4.69) is 20.5 Å². The van der Waals surface area contributed by atoms with E-state index >= 15 is 0 Å². The van der Waals surface area contributed by atoms with E-state index in [0.29, 0.717) is 36.2 Å². The predicted molar refractivity (Wildman–Crippen MR) is 136 cm³/mol. The van der Waals surface area contributed by atoms with Crippen molar-refractivity contribution in [2.24, 2.45) is 4.99 Å². The van der Waals surface area contributed by atoms with Crippen molar-refractivity contribution >= 4 is 35.6 Å². The number of nitrogens with one attached hydrogen (secondary N) is 2. The molecule has 0 amide bonds. The standard InChI is InChI=1S/C23H31FN4O3.HI/c1-15-7-8-18(24)19(10-15)28-9-5-6-17(14-28)27-23(25-2)26-13-16-11-20(30-3)22(29)21(12-16)31-4;/h7-8,10-12,17,29H,5-6,9,13-14H2,1-4H3,(H2,25,26,27);1H. The molecule has 176 valence electrons. The lowest BCUT2D eigenvalue weighted by atomic mass is 10.0. The van der Waals surface area contributed by atoms with Crippen LogP contribution in [0.25, 0.3) is 0 Å². The number of ether oxygens (including phenoxy) is 2. The van der Waals surface area contributed by atoms with Gasteiger partial charge in [-0.05, 0) is 55.2 Å². The molecule has 0 bridgehead atoms. The molecule has 7 nitrogen and oxygen atoms in total. The molecule has 32 heavy (non-hydrogen) atoms. The van der Waals surface area contributed by atoms with Crippen molar-refractivity contribution in [3.05, 3.63) is 47.3 Å². The van der Waals surface area contributed by atoms with E-state index in [1.165, 1.54) is 20.3 Å². The van der Waals surface area contributed by atoms with Crippen LogP contribution in [-0.2, 0) is 6.54 Å². The number of methoxy groups -OCH3 is 2. The van der Waals surface area contributed by atoms with Gasteiger partial charge >= 0.3 is 0 Å². The number of hydrogen-bond donors (Lipinski definition) is 3. The second kappa shape index (κ2) is 12.0. The van der Waals surface area contributed by atoms with Gasteiger partial charge in [0.15, 0.2) is 17.5 Å². The van der Waals surface area contributed by atoms with Gasteiger partial charge in [-0.2, -0.15) is 0 Å². The number of hydrogen-bond acceptors (Lipinski definition) is 5. The number of benzene rings is 2. The molecule has 1 atom stereocenters. The lowest BCUT2D eigenvalue weighted by Crippen LogP contribution is -2.51. The van der Waals surface area contributed by atoms with Gasteiger partial charge in [-0.15, -0.1) is 24.0 Å². The molecule has 1 aliphatic heterocycles. The first-order valence-corrected chi connectivity index (χ1v) is 10.4. The third-order valence-electron chi connectivity index (χ3n) is 5.43. The SMILES string of the molecule is CN=C(NCc1cc(OC)c(O)c(OC)c1)NC1CCCN(c2cc(C)ccc2F)C1.I. The van der Waals surface area contributed by atoms with Crippen molar-refractivity contribution in [3.8, 4) is 17.2 Å². The summed E-state index contributed by atoms with van der Waals surface area (Å²) in [4.78, 5) is 6.41. The third-order valence-corrected chi connectivity index (χ3v) is 5.43. The summed E-state index contributed by atoms with van der Waals surface area (Å²) in [5, 5.41) is 16.8. The number of aliphatic imine (C=N–C) groups is 1. The maximum atomic E-state index is 14.3. The van der Waals surface area contributed by atoms with Crippen molar-refractivity contribution in [2.75, 3.05) is 39.3 Å². The average Bonchev–Trinajstić information content (AvgIpc) is 2.79. The van der Waals surface area contributed by atoms with Crippen LogP contribution in [0.3, 0.4) is 0 Å². The predicted octanol–water partition coefficient (Wildman–Crippen LogP) is 3.81. The van der Waals surface area contributed by atoms with Gasteiger partial charge < -0.3 is 30.1 Å². The molecular formula is C23H32FIN4O3. The Bertz CT molecular complexity index is 916. The van der Waals surface area contributed by atoms with E-state index in [1.54, 1.807) is 25.2 Å². The molecule has 0 aliphatic carbocycles. The van der Waals surface area contributed by atoms with Gasteiger partial charge in [0.1, 0.15) is 5.82 Å². The fraction of sp³-hybridized carbons (Fsp3) is 0.435. The van der Waals surface area contributed by atoms with Crippen LogP contribution in [0.1, 0.15) is 24.0 Å². The largest absolute Gasteiger partial charge is 0.502 e. The van der Waals surface area contributed by atoms with E-state index in [-0.39, 0.29) is 41.6 Å². The summed E-state index contributed by atoms with van der Waals surface area (Å²) in [5.74, 6) is 1.14. The fourth-order valence-corrected chi connectivity index (χ4v) is 3.80.